The van der Waals surface area contributed by atoms with Gasteiger partial charge in [-0.15, -0.1) is 32.1 Å². The van der Waals surface area contributed by atoms with Gasteiger partial charge in [-0.05, 0) is 201 Å². The molecule has 0 amide bonds. The van der Waals surface area contributed by atoms with Crippen molar-refractivity contribution in [3.8, 4) is 67.8 Å². The van der Waals surface area contributed by atoms with E-state index in [1.807, 2.05) is 131 Å². The number of nitrogens with zero attached hydrogens (tertiary/aromatic N) is 12. The van der Waals surface area contributed by atoms with Gasteiger partial charge in [-0.25, -0.2) is 29.9 Å². The first-order valence-electron chi connectivity index (χ1n) is 50.6. The second-order valence-electron chi connectivity index (χ2n) is 42.5. The zero-order valence-electron chi connectivity index (χ0n) is 85.7. The summed E-state index contributed by atoms with van der Waals surface area (Å²) >= 11 is 6.09. The van der Waals surface area contributed by atoms with E-state index in [0.717, 1.165) is 96.8 Å². The summed E-state index contributed by atoms with van der Waals surface area (Å²) in [5, 5.41) is 89.7. The molecule has 10 aromatic rings. The lowest BCUT2D eigenvalue weighted by Gasteiger charge is -2.49. The van der Waals surface area contributed by atoms with Crippen LogP contribution in [0.15, 0.2) is 134 Å². The fourth-order valence-corrected chi connectivity index (χ4v) is 20.2. The van der Waals surface area contributed by atoms with Gasteiger partial charge in [-0.2, -0.15) is 25.2 Å². The molecule has 5 fully saturated rings. The van der Waals surface area contributed by atoms with E-state index < -0.39 is 0 Å². The number of allylic oxidation sites excluding steroid dienone is 1. The molecule has 146 heavy (non-hydrogen) atoms. The smallest absolute Gasteiger partial charge is 0.224 e. The second-order valence-corrected chi connectivity index (χ2v) is 42.9. The summed E-state index contributed by atoms with van der Waals surface area (Å²) < 4.78 is 0. The Hall–Kier alpha value is -14.2. The van der Waals surface area contributed by atoms with Crippen LogP contribution in [0.4, 0.5) is 52.9 Å². The van der Waals surface area contributed by atoms with E-state index in [2.05, 4.69) is 201 Å². The molecular formula is C117H134ClN21O7. The first kappa shape index (κ1) is 106. The summed E-state index contributed by atoms with van der Waals surface area (Å²) in [7, 11) is 0. The fraction of sp³-hybridized carbons (Fsp3) is 0.436. The number of Topliss-reactive ketones (excluding diaryl/α,β-unsaturated/α-hetero) is 2. The third kappa shape index (κ3) is 24.1. The number of aryl methyl sites for hydroxylation is 5. The van der Waals surface area contributed by atoms with Crippen molar-refractivity contribution in [1.82, 2.24) is 54.8 Å². The Kier molecular flexibility index (Phi) is 33.2. The number of halogens is 1. The van der Waals surface area contributed by atoms with Crippen LogP contribution in [0.5, 0.6) is 0 Å². The quantitative estimate of drug-likeness (QED) is 0.0179. The molecule has 19 rings (SSSR count). The number of terminal acetylenes is 5. The molecule has 0 radical (unpaired) electrons. The highest BCUT2D eigenvalue weighted by Crippen LogP contribution is 2.48. The lowest BCUT2D eigenvalue weighted by molar-refractivity contribution is -0.119. The van der Waals surface area contributed by atoms with E-state index in [1.165, 1.54) is 50.1 Å². The van der Waals surface area contributed by atoms with Gasteiger partial charge in [0.25, 0.3) is 0 Å². The van der Waals surface area contributed by atoms with Gasteiger partial charge < -0.3 is 73.4 Å². The first-order chi connectivity index (χ1) is 69.8. The number of hydrogen-bond acceptors (Lipinski definition) is 28. The molecule has 9 aliphatic carbocycles. The van der Waals surface area contributed by atoms with E-state index >= 15 is 0 Å². The number of anilines is 9. The molecule has 0 saturated heterocycles. The second kappa shape index (κ2) is 45.6. The molecule has 756 valence electrons. The van der Waals surface area contributed by atoms with Crippen molar-refractivity contribution in [2.24, 2.45) is 27.1 Å². The number of aliphatic hydroxyl groups is 5. The topological polar surface area (TPSA) is 409 Å². The van der Waals surface area contributed by atoms with Crippen molar-refractivity contribution in [2.75, 3.05) is 74.0 Å². The minimum atomic E-state index is -0.334. The Morgan fingerprint density at radius 3 is 1.34 bits per heavy atom. The molecule has 4 aromatic carbocycles. The average Bonchev–Trinajstić information content (AvgIpc) is 1.55. The first-order valence-corrected chi connectivity index (χ1v) is 50.9. The maximum atomic E-state index is 12.5. The number of ketones is 2. The Bertz CT molecular complexity index is 6870. The minimum Gasteiger partial charge on any atom is -0.392 e. The number of carbonyl (C=O) groups excluding carboxylic acids is 2. The average molecular weight is 1980 g/mol. The zero-order valence-corrected chi connectivity index (χ0v) is 86.4. The number of aromatic nitrogens is 11. The molecule has 28 nitrogen and oxygen atoms in total. The third-order valence-corrected chi connectivity index (χ3v) is 31.6. The molecule has 6 aromatic heterocycles. The lowest BCUT2D eigenvalue weighted by atomic mass is 9.64. The number of hydrogen-bond donors (Lipinski definition) is 14. The van der Waals surface area contributed by atoms with E-state index in [-0.39, 0.29) is 111 Å². The largest absolute Gasteiger partial charge is 0.392 e. The molecule has 0 spiro atoms. The Labute approximate surface area is 863 Å². The van der Waals surface area contributed by atoms with Crippen molar-refractivity contribution >= 4 is 87.7 Å². The number of fused-ring (bicyclic) bond motifs is 4. The van der Waals surface area contributed by atoms with Gasteiger partial charge in [0.2, 0.25) is 23.8 Å². The zero-order chi connectivity index (χ0) is 104. The maximum absolute atomic E-state index is 12.5. The normalized spacial score (nSPS) is 22.2. The van der Waals surface area contributed by atoms with E-state index in [4.69, 9.17) is 49.0 Å². The molecule has 2 unspecified atom stereocenters. The van der Waals surface area contributed by atoms with Gasteiger partial charge in [-0.3, -0.25) is 14.6 Å². The number of aliphatic hydroxyl groups excluding tert-OH is 5. The summed E-state index contributed by atoms with van der Waals surface area (Å²) in [6.07, 6.45) is 52.1. The van der Waals surface area contributed by atoms with Crippen LogP contribution in [-0.4, -0.2) is 179 Å². The van der Waals surface area contributed by atoms with Crippen LogP contribution in [0.25, 0.3) is 11.6 Å². The number of rotatable bonds is 31. The number of carbonyl (C=O) groups is 2. The van der Waals surface area contributed by atoms with Crippen molar-refractivity contribution < 1.29 is 35.1 Å². The molecule has 0 bridgehead atoms. The van der Waals surface area contributed by atoms with Crippen LogP contribution >= 0.6 is 11.6 Å². The molecule has 6 heterocycles. The Morgan fingerprint density at radius 1 is 0.445 bits per heavy atom. The fourth-order valence-electron chi connectivity index (χ4n) is 20.0. The number of pyridine rings is 1. The highest BCUT2D eigenvalue weighted by Gasteiger charge is 2.52. The number of nitrogens with one attached hydrogen (secondary N) is 9. The van der Waals surface area contributed by atoms with Crippen LogP contribution < -0.4 is 47.9 Å². The molecule has 14 N–H and O–H groups in total. The van der Waals surface area contributed by atoms with Crippen LogP contribution in [0.3, 0.4) is 0 Å². The summed E-state index contributed by atoms with van der Waals surface area (Å²) in [6.45, 7) is 29.1. The SMILES string of the molecule is C#Cc1cnc(CCCc2cccc(C)n2)nc1N[C@@H]1C[C@H](O)C1(C)C.C#Cc1cnc(NCCC2=CCc3cc(Cl)ccc32)nc1N[C@@H]1C[C@H](O)C1(C)C.C#Cc1cnc(NCCC2=Cc3cc(C#N)ccc3C2)nc1N[C@@H]1C[C@H](O)C1(C)C.C#Cc1cnc(NCCC2C(=O)Cc3c(C)cccc32)nc1N[C@@H]1C[C@H](O)C1(C)C.C#Cc1cnc(NCCC2C(=O)Cc3ccc(CC)cc32)nc1N[C@@H]1C[C@H](O)C1(C)C. The predicted octanol–water partition coefficient (Wildman–Crippen LogP) is 16.7. The monoisotopic (exact) mass is 1980 g/mol. The Balaban J connectivity index is 0.000000137. The van der Waals surface area contributed by atoms with Crippen molar-refractivity contribution in [3.05, 3.63) is 245 Å². The highest BCUT2D eigenvalue weighted by molar-refractivity contribution is 6.30. The van der Waals surface area contributed by atoms with Crippen molar-refractivity contribution in [2.45, 2.75) is 272 Å². The molecular weight excluding hydrogens is 1850 g/mol. The van der Waals surface area contributed by atoms with Gasteiger partial charge in [-0.1, -0.05) is 190 Å². The molecule has 12 atom stereocenters. The standard InChI is InChI=1S/C25H30N4O2.C24H25N5O.C24H28N4O2.C23H25ClN4O.C21H26N4O/c1-5-15-7-8-17-12-20(30)18(19(17)11-15)9-10-26-24-27-14-16(6-2)23(29-24)28-21-13-22(31)25(21,3)4;1-4-17-14-27-23(29-22(17)28-20-12-21(30)24(20,2)3)26-8-7-15-9-18-6-5-16(13-25)11-19(18)10-15;1-5-15-13-26-23(28-22(15)27-20-12-21(30)24(20,3)4)25-10-9-17-16-8-6-7-14(2)18(16)11-19(17)29;1-4-14-13-26-22(28-21(14)27-19-12-20(29)23(19,2)3)25-10-9-15-5-6-16-11-17(24)7-8-18(15)16;1-5-15-13-22-19(11-7-10-16-9-6-8-14(2)23-16)25-20(15)24-17-12-18(26)21(17,3)4/h2,7-8,11,14,18,21-22,31H,5,9-10,12-13H2,1,3-4H3,(H2,26,27,28,29);1,5-6,10-11,14,20-21,30H,7-9,12H2,2-3H3,(H2,26,27,28,29);1,6-8,13,17,20-21,30H,9-12H2,2-4H3,(H2,25,26,27,28);1,5,7-8,11,13,19-20,29H,6,9-10,12H2,2-3H3,(H2,25,26,27,28);1,6,8-9,13,17-18,26H,7,10-12H2,2-4H3,(H,22,24,25)/t18?,21-,22+;20-,21+;17?,20-,21+;19-,20+;17-,18+/m11111/s1. The van der Waals surface area contributed by atoms with E-state index in [0.29, 0.717) is 164 Å². The lowest BCUT2D eigenvalue weighted by Crippen LogP contribution is -2.57. The molecule has 0 aliphatic heterocycles. The van der Waals surface area contributed by atoms with Gasteiger partial charge in [0.15, 0.2) is 0 Å². The third-order valence-electron chi connectivity index (χ3n) is 31.4. The van der Waals surface area contributed by atoms with E-state index in [1.54, 1.807) is 31.0 Å². The molecule has 5 saturated carbocycles. The summed E-state index contributed by atoms with van der Waals surface area (Å²) in [4.78, 5) is 74.2. The number of benzene rings is 4. The van der Waals surface area contributed by atoms with Gasteiger partial charge >= 0.3 is 0 Å². The number of nitriles is 1. The van der Waals surface area contributed by atoms with Crippen molar-refractivity contribution in [3.63, 3.8) is 0 Å². The summed E-state index contributed by atoms with van der Waals surface area (Å²) in [5.74, 6) is 19.5. The maximum Gasteiger partial charge on any atom is 0.224 e. The van der Waals surface area contributed by atoms with Crippen LogP contribution in [0.1, 0.15) is 258 Å². The van der Waals surface area contributed by atoms with E-state index in [9.17, 15) is 35.1 Å². The van der Waals surface area contributed by atoms with Gasteiger partial charge in [0.1, 0.15) is 46.5 Å². The molecule has 9 aliphatic rings. The van der Waals surface area contributed by atoms with Gasteiger partial charge in [0, 0.05) is 137 Å². The predicted molar refractivity (Wildman–Crippen MR) is 578 cm³/mol. The molecule has 29 heteroatoms. The Morgan fingerprint density at radius 2 is 0.884 bits per heavy atom. The van der Waals surface area contributed by atoms with Gasteiger partial charge in [0.05, 0.1) is 94.8 Å². The van der Waals surface area contributed by atoms with Crippen LogP contribution in [0, 0.1) is 114 Å². The van der Waals surface area contributed by atoms with Crippen LogP contribution in [-0.2, 0) is 54.5 Å². The summed E-state index contributed by atoms with van der Waals surface area (Å²) in [5.41, 5.74) is 19.5. The summed E-state index contributed by atoms with van der Waals surface area (Å²) in [6, 6.07) is 33.3. The van der Waals surface area contributed by atoms with Crippen molar-refractivity contribution in [1.29, 1.82) is 5.26 Å². The minimum absolute atomic E-state index is 0.0751. The van der Waals surface area contributed by atoms with Crippen LogP contribution in [0.2, 0.25) is 5.02 Å². The highest BCUT2D eigenvalue weighted by atomic mass is 35.5.